The Bertz CT molecular complexity index is 2290. The molecule has 2 aromatic heterocycles. The molecule has 7 rings (SSSR count). The molecule has 4 aromatic rings. The number of fused-ring (bicyclic) bond motifs is 2. The number of benzene rings is 2. The van der Waals surface area contributed by atoms with E-state index in [0.29, 0.717) is 84.4 Å². The molecule has 0 aliphatic carbocycles. The smallest absolute Gasteiger partial charge is 0.293 e. The van der Waals surface area contributed by atoms with Gasteiger partial charge >= 0.3 is 0 Å². The van der Waals surface area contributed by atoms with E-state index in [2.05, 4.69) is 36.6 Å². The number of nitrogens with zero attached hydrogens (tertiary/aromatic N) is 5. The third-order valence-corrected chi connectivity index (χ3v) is 10.6. The fourth-order valence-corrected chi connectivity index (χ4v) is 7.34. The monoisotopic (exact) mass is 784 g/mol. The Morgan fingerprint density at radius 2 is 1.84 bits per heavy atom. The van der Waals surface area contributed by atoms with E-state index >= 15 is 0 Å². The fraction of sp³-hybridized carbons (Fsp3) is 0.368. The lowest BCUT2D eigenvalue weighted by Gasteiger charge is -2.31. The van der Waals surface area contributed by atoms with Crippen LogP contribution < -0.4 is 41.8 Å². The molecule has 5 heterocycles. The van der Waals surface area contributed by atoms with Gasteiger partial charge in [0.15, 0.2) is 18.2 Å². The molecule has 56 heavy (non-hydrogen) atoms. The van der Waals surface area contributed by atoms with E-state index in [-0.39, 0.29) is 60.4 Å². The first-order valence-electron chi connectivity index (χ1n) is 18.3. The van der Waals surface area contributed by atoms with Gasteiger partial charge in [-0.3, -0.25) is 34.1 Å². The van der Waals surface area contributed by atoms with Crippen molar-refractivity contribution in [3.8, 4) is 5.75 Å². The summed E-state index contributed by atoms with van der Waals surface area (Å²) in [6.45, 7) is 1.91. The number of carbonyl (C=O) groups excluding carboxylic acids is 5. The SMILES string of the molecule is CNC(=O)COc1cc2cc(Nc3nc(N4CCC(C(=O)NCCNc5cccc6c5CN(C5CCC(=O)NC5=O)C6=O)CC4)ncc3Cl)ccc2n(C)c1=O. The summed E-state index contributed by atoms with van der Waals surface area (Å²) in [7, 11) is 3.12. The number of pyridine rings is 1. The molecule has 18 heteroatoms. The van der Waals surface area contributed by atoms with Gasteiger partial charge < -0.3 is 40.4 Å². The van der Waals surface area contributed by atoms with Gasteiger partial charge in [0.25, 0.3) is 17.4 Å². The number of anilines is 4. The Morgan fingerprint density at radius 3 is 2.61 bits per heavy atom. The molecule has 2 saturated heterocycles. The zero-order chi connectivity index (χ0) is 39.5. The van der Waals surface area contributed by atoms with Crippen molar-refractivity contribution in [2.24, 2.45) is 13.0 Å². The second-order valence-electron chi connectivity index (χ2n) is 13.8. The van der Waals surface area contributed by atoms with Crippen molar-refractivity contribution in [2.45, 2.75) is 38.3 Å². The van der Waals surface area contributed by atoms with Crippen molar-refractivity contribution in [1.82, 2.24) is 35.4 Å². The number of likely N-dealkylation sites (N-methyl/N-ethyl adjacent to an activating group) is 1. The van der Waals surface area contributed by atoms with Gasteiger partial charge in [-0.15, -0.1) is 0 Å². The number of nitrogens with one attached hydrogen (secondary N) is 5. The van der Waals surface area contributed by atoms with Crippen molar-refractivity contribution in [2.75, 3.05) is 55.4 Å². The molecule has 292 valence electrons. The number of hydrogen-bond donors (Lipinski definition) is 5. The van der Waals surface area contributed by atoms with Crippen molar-refractivity contribution in [1.29, 1.82) is 0 Å². The van der Waals surface area contributed by atoms with Crippen molar-refractivity contribution >= 4 is 75.2 Å². The molecule has 3 aliphatic heterocycles. The van der Waals surface area contributed by atoms with Gasteiger partial charge in [0.1, 0.15) is 11.1 Å². The van der Waals surface area contributed by atoms with Gasteiger partial charge in [0, 0.05) is 87.0 Å². The quantitative estimate of drug-likeness (QED) is 0.103. The molecule has 0 radical (unpaired) electrons. The molecule has 1 unspecified atom stereocenters. The maximum Gasteiger partial charge on any atom is 0.293 e. The van der Waals surface area contributed by atoms with Crippen molar-refractivity contribution in [3.05, 3.63) is 75.2 Å². The van der Waals surface area contributed by atoms with E-state index in [1.807, 2.05) is 17.0 Å². The highest BCUT2D eigenvalue weighted by atomic mass is 35.5. The summed E-state index contributed by atoms with van der Waals surface area (Å²) in [5.74, 6) is -0.698. The van der Waals surface area contributed by atoms with Gasteiger partial charge in [0.2, 0.25) is 23.7 Å². The molecule has 5 N–H and O–H groups in total. The predicted octanol–water partition coefficient (Wildman–Crippen LogP) is 2.06. The van der Waals surface area contributed by atoms with Crippen LogP contribution in [-0.2, 0) is 32.8 Å². The molecule has 0 bridgehead atoms. The lowest BCUT2D eigenvalue weighted by atomic mass is 9.96. The molecular formula is C38H41ClN10O7. The summed E-state index contributed by atoms with van der Waals surface area (Å²) in [5, 5.41) is 15.4. The standard InChI is InChI=1S/C38H41ClN10O7/c1-40-32(51)20-56-30-17-22-16-23(6-7-28(22)47(2)37(30)55)44-33-26(39)18-43-38(46-33)48-14-10-21(11-15-48)34(52)42-13-12-41-27-5-3-4-24-25(27)19-49(36(24)54)29-8-9-31(50)45-35(29)53/h3-7,16-18,21,29,41H,8-15,19-20H2,1-2H3,(H,40,51)(H,42,52)(H,43,44,46)(H,45,50,53). The van der Waals surface area contributed by atoms with E-state index < -0.39 is 11.9 Å². The first kappa shape index (κ1) is 38.1. The number of aryl methyl sites for hydroxylation is 1. The zero-order valence-corrected chi connectivity index (χ0v) is 31.6. The summed E-state index contributed by atoms with van der Waals surface area (Å²) < 4.78 is 6.93. The normalized spacial score (nSPS) is 17.1. The fourth-order valence-electron chi connectivity index (χ4n) is 7.20. The summed E-state index contributed by atoms with van der Waals surface area (Å²) in [6.07, 6.45) is 3.22. The summed E-state index contributed by atoms with van der Waals surface area (Å²) >= 11 is 6.50. The van der Waals surface area contributed by atoms with Crippen LogP contribution in [0.4, 0.5) is 23.1 Å². The van der Waals surface area contributed by atoms with Gasteiger partial charge in [0.05, 0.1) is 11.7 Å². The topological polar surface area (TPSA) is 209 Å². The maximum absolute atomic E-state index is 13.1. The molecule has 1 atom stereocenters. The van der Waals surface area contributed by atoms with Crippen LogP contribution >= 0.6 is 11.6 Å². The number of carbonyl (C=O) groups is 5. The molecule has 2 fully saturated rings. The number of rotatable bonds is 12. The van der Waals surface area contributed by atoms with Crippen LogP contribution in [0.25, 0.3) is 10.9 Å². The van der Waals surface area contributed by atoms with Gasteiger partial charge in [-0.05, 0) is 55.7 Å². The van der Waals surface area contributed by atoms with E-state index in [0.717, 1.165) is 11.3 Å². The second-order valence-corrected chi connectivity index (χ2v) is 14.2. The lowest BCUT2D eigenvalue weighted by Crippen LogP contribution is -2.52. The predicted molar refractivity (Wildman–Crippen MR) is 208 cm³/mol. The molecule has 2 aromatic carbocycles. The largest absolute Gasteiger partial charge is 0.478 e. The first-order valence-corrected chi connectivity index (χ1v) is 18.7. The van der Waals surface area contributed by atoms with E-state index in [1.54, 1.807) is 37.4 Å². The highest BCUT2D eigenvalue weighted by molar-refractivity contribution is 6.33. The van der Waals surface area contributed by atoms with Crippen LogP contribution in [-0.4, -0.2) is 94.8 Å². The number of aromatic nitrogens is 3. The van der Waals surface area contributed by atoms with Gasteiger partial charge in [-0.1, -0.05) is 17.7 Å². The number of ether oxygens (including phenoxy) is 1. The van der Waals surface area contributed by atoms with E-state index in [4.69, 9.17) is 16.3 Å². The highest BCUT2D eigenvalue weighted by Gasteiger charge is 2.40. The van der Waals surface area contributed by atoms with Crippen LogP contribution in [0.5, 0.6) is 5.75 Å². The minimum absolute atomic E-state index is 0.0423. The van der Waals surface area contributed by atoms with Crippen molar-refractivity contribution in [3.63, 3.8) is 0 Å². The first-order chi connectivity index (χ1) is 27.0. The minimum atomic E-state index is -0.689. The number of hydrogen-bond acceptors (Lipinski definition) is 12. The Morgan fingerprint density at radius 1 is 1.04 bits per heavy atom. The molecule has 5 amide bonds. The number of piperidine rings is 2. The average Bonchev–Trinajstić information content (AvgIpc) is 3.54. The van der Waals surface area contributed by atoms with E-state index in [1.165, 1.54) is 22.7 Å². The second kappa shape index (κ2) is 16.2. The molecular weight excluding hydrogens is 744 g/mol. The van der Waals surface area contributed by atoms with E-state index in [9.17, 15) is 28.8 Å². The molecule has 0 saturated carbocycles. The number of amides is 5. The van der Waals surface area contributed by atoms with Crippen LogP contribution in [0.1, 0.15) is 41.6 Å². The average molecular weight is 785 g/mol. The van der Waals surface area contributed by atoms with Crippen LogP contribution in [0, 0.1) is 5.92 Å². The lowest BCUT2D eigenvalue weighted by molar-refractivity contribution is -0.137. The van der Waals surface area contributed by atoms with Crippen LogP contribution in [0.3, 0.4) is 0 Å². The Balaban J connectivity index is 0.908. The summed E-state index contributed by atoms with van der Waals surface area (Å²) in [4.78, 5) is 87.4. The number of halogens is 1. The Labute approximate surface area is 326 Å². The van der Waals surface area contributed by atoms with Crippen LogP contribution in [0.15, 0.2) is 53.5 Å². The molecule has 17 nitrogen and oxygen atoms in total. The summed E-state index contributed by atoms with van der Waals surface area (Å²) in [5.41, 5.74) is 3.03. The summed E-state index contributed by atoms with van der Waals surface area (Å²) in [6, 6.07) is 11.7. The van der Waals surface area contributed by atoms with Crippen molar-refractivity contribution < 1.29 is 28.7 Å². The van der Waals surface area contributed by atoms with Gasteiger partial charge in [-0.25, -0.2) is 4.98 Å². The Kier molecular flexibility index (Phi) is 11.0. The third kappa shape index (κ3) is 7.93. The molecule has 0 spiro atoms. The number of imide groups is 1. The third-order valence-electron chi connectivity index (χ3n) is 10.3. The molecule has 3 aliphatic rings. The zero-order valence-electron chi connectivity index (χ0n) is 30.8. The van der Waals surface area contributed by atoms with Gasteiger partial charge in [-0.2, -0.15) is 4.98 Å². The minimum Gasteiger partial charge on any atom is -0.478 e. The maximum atomic E-state index is 13.1. The highest BCUT2D eigenvalue weighted by Crippen LogP contribution is 2.33. The Hall–Kier alpha value is -6.23. The van der Waals surface area contributed by atoms with Crippen LogP contribution in [0.2, 0.25) is 5.02 Å².